The van der Waals surface area contributed by atoms with Crippen LogP contribution in [-0.4, -0.2) is 17.1 Å². The normalized spacial score (nSPS) is 11.4. The van der Waals surface area contributed by atoms with Gasteiger partial charge in [-0.1, -0.05) is 20.8 Å². The van der Waals surface area contributed by atoms with Gasteiger partial charge in [0.05, 0.1) is 12.8 Å². The lowest BCUT2D eigenvalue weighted by Gasteiger charge is -2.22. The maximum absolute atomic E-state index is 11.3. The lowest BCUT2D eigenvalue weighted by atomic mass is 9.85. The molecule has 100 valence electrons. The minimum Gasteiger partial charge on any atom is -0.496 e. The van der Waals surface area contributed by atoms with E-state index in [1.54, 1.807) is 13.2 Å². The molecule has 0 aliphatic heterocycles. The monoisotopic (exact) mass is 258 g/mol. The lowest BCUT2D eigenvalue weighted by molar-refractivity contribution is 0.397. The number of hydrogen-bond donors (Lipinski definition) is 1. The van der Waals surface area contributed by atoms with E-state index in [1.807, 2.05) is 18.2 Å². The topological polar surface area (TPSA) is 55.0 Å². The standard InChI is InChI=1S/C15H18N2O2/c1-15(2,3)11-9-10(5-6-13(11)19-4)12-7-8-16-14(18)17-12/h5-9H,1-4H3,(H,16,17,18). The van der Waals surface area contributed by atoms with Crippen LogP contribution in [0.25, 0.3) is 11.3 Å². The molecule has 1 heterocycles. The number of methoxy groups -OCH3 is 1. The van der Waals surface area contributed by atoms with E-state index < -0.39 is 0 Å². The van der Waals surface area contributed by atoms with Gasteiger partial charge in [-0.05, 0) is 35.2 Å². The zero-order chi connectivity index (χ0) is 14.0. The van der Waals surface area contributed by atoms with Gasteiger partial charge in [0.25, 0.3) is 0 Å². The van der Waals surface area contributed by atoms with Crippen LogP contribution in [0.1, 0.15) is 26.3 Å². The molecule has 1 aromatic carbocycles. The highest BCUT2D eigenvalue weighted by Gasteiger charge is 2.19. The maximum Gasteiger partial charge on any atom is 0.345 e. The first-order valence-electron chi connectivity index (χ1n) is 6.16. The first kappa shape index (κ1) is 13.3. The highest BCUT2D eigenvalue weighted by Crippen LogP contribution is 2.34. The summed E-state index contributed by atoms with van der Waals surface area (Å²) in [6.07, 6.45) is 1.51. The minimum atomic E-state index is -0.342. The van der Waals surface area contributed by atoms with Crippen LogP contribution in [0.15, 0.2) is 35.3 Å². The van der Waals surface area contributed by atoms with Crippen LogP contribution in [0.2, 0.25) is 0 Å². The van der Waals surface area contributed by atoms with Crippen molar-refractivity contribution < 1.29 is 4.74 Å². The first-order valence-corrected chi connectivity index (χ1v) is 6.16. The molecule has 0 unspecified atom stereocenters. The van der Waals surface area contributed by atoms with Crippen LogP contribution in [-0.2, 0) is 5.41 Å². The second kappa shape index (κ2) is 4.88. The Morgan fingerprint density at radius 1 is 1.21 bits per heavy atom. The predicted molar refractivity (Wildman–Crippen MR) is 75.5 cm³/mol. The van der Waals surface area contributed by atoms with Crippen molar-refractivity contribution in [2.45, 2.75) is 26.2 Å². The molecule has 0 saturated carbocycles. The van der Waals surface area contributed by atoms with Gasteiger partial charge in [-0.25, -0.2) is 9.78 Å². The molecule has 4 nitrogen and oxygen atoms in total. The third-order valence-electron chi connectivity index (χ3n) is 2.99. The second-order valence-electron chi connectivity index (χ2n) is 5.45. The average molecular weight is 258 g/mol. The van der Waals surface area contributed by atoms with Crippen molar-refractivity contribution in [2.75, 3.05) is 7.11 Å². The number of H-pyrrole nitrogens is 1. The number of aromatic amines is 1. The van der Waals surface area contributed by atoms with Crippen LogP contribution in [0, 0.1) is 0 Å². The van der Waals surface area contributed by atoms with Gasteiger partial charge < -0.3 is 9.72 Å². The van der Waals surface area contributed by atoms with Crippen LogP contribution in [0.3, 0.4) is 0 Å². The fourth-order valence-electron chi connectivity index (χ4n) is 2.00. The number of hydrogen-bond acceptors (Lipinski definition) is 3. The van der Waals surface area contributed by atoms with Crippen molar-refractivity contribution >= 4 is 0 Å². The zero-order valence-electron chi connectivity index (χ0n) is 11.7. The van der Waals surface area contributed by atoms with Crippen molar-refractivity contribution in [3.63, 3.8) is 0 Å². The summed E-state index contributed by atoms with van der Waals surface area (Å²) < 4.78 is 5.40. The molecule has 0 fully saturated rings. The summed E-state index contributed by atoms with van der Waals surface area (Å²) >= 11 is 0. The van der Waals surface area contributed by atoms with Crippen LogP contribution in [0.4, 0.5) is 0 Å². The predicted octanol–water partition coefficient (Wildman–Crippen LogP) is 2.74. The molecule has 0 spiro atoms. The van der Waals surface area contributed by atoms with Gasteiger partial charge >= 0.3 is 5.69 Å². The van der Waals surface area contributed by atoms with Gasteiger partial charge in [0.15, 0.2) is 0 Å². The maximum atomic E-state index is 11.3. The third kappa shape index (κ3) is 2.84. The number of ether oxygens (including phenoxy) is 1. The fraction of sp³-hybridized carbons (Fsp3) is 0.333. The van der Waals surface area contributed by atoms with Crippen molar-refractivity contribution in [1.29, 1.82) is 0 Å². The smallest absolute Gasteiger partial charge is 0.345 e. The molecule has 1 aromatic heterocycles. The lowest BCUT2D eigenvalue weighted by Crippen LogP contribution is -2.13. The molecule has 0 aliphatic rings. The van der Waals surface area contributed by atoms with Crippen molar-refractivity contribution in [3.05, 3.63) is 46.5 Å². The Labute approximate surface area is 112 Å². The van der Waals surface area contributed by atoms with Crippen molar-refractivity contribution in [2.24, 2.45) is 0 Å². The third-order valence-corrected chi connectivity index (χ3v) is 2.99. The summed E-state index contributed by atoms with van der Waals surface area (Å²) in [5, 5.41) is 0. The number of nitrogens with one attached hydrogen (secondary N) is 1. The van der Waals surface area contributed by atoms with E-state index >= 15 is 0 Å². The molecule has 4 heteroatoms. The fourth-order valence-corrected chi connectivity index (χ4v) is 2.00. The highest BCUT2D eigenvalue weighted by atomic mass is 16.5. The largest absolute Gasteiger partial charge is 0.496 e. The van der Waals surface area contributed by atoms with Crippen molar-refractivity contribution in [3.8, 4) is 17.0 Å². The van der Waals surface area contributed by atoms with Gasteiger partial charge in [0.2, 0.25) is 0 Å². The molecule has 0 amide bonds. The summed E-state index contributed by atoms with van der Waals surface area (Å²) in [6, 6.07) is 7.69. The van der Waals surface area contributed by atoms with Gasteiger partial charge in [-0.3, -0.25) is 0 Å². The molecular formula is C15H18N2O2. The highest BCUT2D eigenvalue weighted by molar-refractivity contribution is 5.62. The molecule has 0 saturated heterocycles. The molecule has 2 aromatic rings. The van der Waals surface area contributed by atoms with E-state index in [0.29, 0.717) is 0 Å². The first-order chi connectivity index (χ1) is 8.91. The summed E-state index contributed by atoms with van der Waals surface area (Å²) in [7, 11) is 1.67. The van der Waals surface area contributed by atoms with Gasteiger partial charge in [0, 0.05) is 11.8 Å². The number of aromatic nitrogens is 2. The quantitative estimate of drug-likeness (QED) is 0.901. The Hall–Kier alpha value is -2.10. The van der Waals surface area contributed by atoms with E-state index in [2.05, 4.69) is 30.7 Å². The van der Waals surface area contributed by atoms with E-state index in [4.69, 9.17) is 4.74 Å². The Morgan fingerprint density at radius 2 is 1.95 bits per heavy atom. The number of rotatable bonds is 2. The molecule has 19 heavy (non-hydrogen) atoms. The van der Waals surface area contributed by atoms with E-state index in [-0.39, 0.29) is 11.1 Å². The molecular weight excluding hydrogens is 240 g/mol. The van der Waals surface area contributed by atoms with E-state index in [1.165, 1.54) is 6.20 Å². The Kier molecular flexibility index (Phi) is 3.42. The van der Waals surface area contributed by atoms with E-state index in [0.717, 1.165) is 22.6 Å². The Morgan fingerprint density at radius 3 is 2.53 bits per heavy atom. The summed E-state index contributed by atoms with van der Waals surface area (Å²) in [5.74, 6) is 0.854. The molecule has 0 aliphatic carbocycles. The van der Waals surface area contributed by atoms with E-state index in [9.17, 15) is 4.79 Å². The molecule has 0 bridgehead atoms. The molecule has 0 radical (unpaired) electrons. The summed E-state index contributed by atoms with van der Waals surface area (Å²) in [5.41, 5.74) is 2.43. The minimum absolute atomic E-state index is 0.0331. The van der Waals surface area contributed by atoms with Crippen LogP contribution in [0.5, 0.6) is 5.75 Å². The second-order valence-corrected chi connectivity index (χ2v) is 5.45. The van der Waals surface area contributed by atoms with Crippen LogP contribution < -0.4 is 10.4 Å². The molecule has 0 atom stereocenters. The average Bonchev–Trinajstić information content (AvgIpc) is 2.37. The summed E-state index contributed by atoms with van der Waals surface area (Å²) in [6.45, 7) is 6.39. The van der Waals surface area contributed by atoms with Crippen molar-refractivity contribution in [1.82, 2.24) is 9.97 Å². The SMILES string of the molecule is COc1ccc(-c2ccnc(=O)[nH]2)cc1C(C)(C)C. The Bertz CT molecular complexity index is 639. The van der Waals surface area contributed by atoms with Gasteiger partial charge in [-0.15, -0.1) is 0 Å². The molecule has 1 N–H and O–H groups in total. The molecule has 2 rings (SSSR count). The van der Waals surface area contributed by atoms with Gasteiger partial charge in [0.1, 0.15) is 5.75 Å². The number of nitrogens with zero attached hydrogens (tertiary/aromatic N) is 1. The zero-order valence-corrected chi connectivity index (χ0v) is 11.7. The Balaban J connectivity index is 2.58. The van der Waals surface area contributed by atoms with Gasteiger partial charge in [-0.2, -0.15) is 0 Å². The number of benzene rings is 1. The summed E-state index contributed by atoms with van der Waals surface area (Å²) in [4.78, 5) is 17.6. The van der Waals surface area contributed by atoms with Crippen LogP contribution >= 0.6 is 0 Å².